The number of ether oxygens (including phenoxy) is 4. The van der Waals surface area contributed by atoms with Crippen molar-refractivity contribution in [1.29, 1.82) is 0 Å². The van der Waals surface area contributed by atoms with Crippen molar-refractivity contribution < 1.29 is 33.1 Å². The van der Waals surface area contributed by atoms with E-state index in [1.54, 1.807) is 19.2 Å². The van der Waals surface area contributed by atoms with Gasteiger partial charge >= 0.3 is 13.1 Å². The van der Waals surface area contributed by atoms with Crippen LogP contribution in [0.4, 0.5) is 0 Å². The first-order valence-corrected chi connectivity index (χ1v) is 11.4. The molecule has 0 saturated carbocycles. The van der Waals surface area contributed by atoms with Crippen LogP contribution in [0.25, 0.3) is 0 Å². The van der Waals surface area contributed by atoms with Gasteiger partial charge in [-0.25, -0.2) is 4.79 Å². The summed E-state index contributed by atoms with van der Waals surface area (Å²) < 4.78 is 34.8. The smallest absolute Gasteiger partial charge is 0.468 e. The lowest BCUT2D eigenvalue weighted by molar-refractivity contribution is 0.00578. The Labute approximate surface area is 203 Å². The van der Waals surface area contributed by atoms with Crippen LogP contribution in [0.3, 0.4) is 0 Å². The second-order valence-corrected chi connectivity index (χ2v) is 9.64. The number of hydrogen-bond donors (Lipinski definition) is 0. The Balaban J connectivity index is 1.80. The summed E-state index contributed by atoms with van der Waals surface area (Å²) in [4.78, 5) is 12.1. The molecule has 1 aliphatic heterocycles. The van der Waals surface area contributed by atoms with E-state index in [-0.39, 0.29) is 6.79 Å². The normalized spacial score (nSPS) is 16.6. The highest BCUT2D eigenvalue weighted by Crippen LogP contribution is 2.37. The summed E-state index contributed by atoms with van der Waals surface area (Å²) in [5.41, 5.74) is 1.95. The quantitative estimate of drug-likeness (QED) is 0.278. The number of esters is 1. The van der Waals surface area contributed by atoms with Crippen LogP contribution >= 0.6 is 15.9 Å². The zero-order valence-corrected chi connectivity index (χ0v) is 21.5. The minimum atomic E-state index is -0.629. The standard InChI is InChI=1S/C24H30BBrO7/c1-23(2)24(3,4)33-25(32-23)20-12-16(22(27)29-6)7-8-17(20)13-30-14-18-11-19(31-15-28-5)9-10-21(18)26/h7-12H,13-15H2,1-6H3. The van der Waals surface area contributed by atoms with E-state index in [9.17, 15) is 4.79 Å². The van der Waals surface area contributed by atoms with E-state index in [2.05, 4.69) is 15.9 Å². The lowest BCUT2D eigenvalue weighted by atomic mass is 9.75. The summed E-state index contributed by atoms with van der Waals surface area (Å²) >= 11 is 3.55. The van der Waals surface area contributed by atoms with E-state index in [0.717, 1.165) is 21.1 Å². The minimum Gasteiger partial charge on any atom is -0.468 e. The Hall–Kier alpha value is -1.91. The van der Waals surface area contributed by atoms with Crippen LogP contribution in [0, 0.1) is 0 Å². The van der Waals surface area contributed by atoms with Crippen LogP contribution in [-0.2, 0) is 36.7 Å². The molecule has 0 amide bonds. The molecule has 33 heavy (non-hydrogen) atoms. The first kappa shape index (κ1) is 25.7. The molecule has 1 fully saturated rings. The van der Waals surface area contributed by atoms with Gasteiger partial charge in [-0.2, -0.15) is 0 Å². The molecular weight excluding hydrogens is 491 g/mol. The van der Waals surface area contributed by atoms with Crippen molar-refractivity contribution in [3.05, 3.63) is 57.6 Å². The first-order chi connectivity index (χ1) is 15.6. The molecule has 2 aromatic carbocycles. The average Bonchev–Trinajstić information content (AvgIpc) is 3.00. The zero-order valence-electron chi connectivity index (χ0n) is 19.9. The molecule has 2 aromatic rings. The summed E-state index contributed by atoms with van der Waals surface area (Å²) in [5, 5.41) is 0. The number of rotatable bonds is 9. The number of hydrogen-bond acceptors (Lipinski definition) is 7. The summed E-state index contributed by atoms with van der Waals surface area (Å²) in [6, 6.07) is 11.0. The van der Waals surface area contributed by atoms with Crippen molar-refractivity contribution in [2.24, 2.45) is 0 Å². The Morgan fingerprint density at radius 2 is 1.64 bits per heavy atom. The molecule has 9 heteroatoms. The molecule has 1 heterocycles. The molecular formula is C24H30BBrO7. The molecule has 0 bridgehead atoms. The molecule has 7 nitrogen and oxygen atoms in total. The van der Waals surface area contributed by atoms with Crippen molar-refractivity contribution in [2.45, 2.75) is 52.1 Å². The maximum absolute atomic E-state index is 12.1. The molecule has 0 aliphatic carbocycles. The van der Waals surface area contributed by atoms with Gasteiger partial charge < -0.3 is 28.3 Å². The average molecular weight is 521 g/mol. The van der Waals surface area contributed by atoms with Crippen molar-refractivity contribution in [3.63, 3.8) is 0 Å². The second-order valence-electron chi connectivity index (χ2n) is 8.79. The largest absolute Gasteiger partial charge is 0.495 e. The van der Waals surface area contributed by atoms with Crippen LogP contribution in [0.5, 0.6) is 5.75 Å². The van der Waals surface area contributed by atoms with Crippen LogP contribution < -0.4 is 10.2 Å². The van der Waals surface area contributed by atoms with Gasteiger partial charge in [-0.3, -0.25) is 0 Å². The van der Waals surface area contributed by atoms with Crippen LogP contribution in [0.2, 0.25) is 0 Å². The fourth-order valence-electron chi connectivity index (χ4n) is 3.31. The number of halogens is 1. The topological polar surface area (TPSA) is 72.5 Å². The van der Waals surface area contributed by atoms with Gasteiger partial charge in [0.2, 0.25) is 0 Å². The van der Waals surface area contributed by atoms with Crippen LogP contribution in [0.15, 0.2) is 40.9 Å². The monoisotopic (exact) mass is 520 g/mol. The molecule has 0 radical (unpaired) electrons. The van der Waals surface area contributed by atoms with Gasteiger partial charge in [0.05, 0.1) is 37.1 Å². The van der Waals surface area contributed by atoms with E-state index < -0.39 is 24.3 Å². The van der Waals surface area contributed by atoms with Crippen molar-refractivity contribution >= 4 is 34.5 Å². The zero-order chi connectivity index (χ0) is 24.2. The fraction of sp³-hybridized carbons (Fsp3) is 0.458. The Bertz CT molecular complexity index is 977. The molecule has 0 aromatic heterocycles. The van der Waals surface area contributed by atoms with E-state index in [4.69, 9.17) is 28.3 Å². The third-order valence-electron chi connectivity index (χ3n) is 5.95. The van der Waals surface area contributed by atoms with Crippen molar-refractivity contribution in [3.8, 4) is 5.75 Å². The maximum Gasteiger partial charge on any atom is 0.495 e. The van der Waals surface area contributed by atoms with Gasteiger partial charge in [0, 0.05) is 11.6 Å². The predicted octanol–water partition coefficient (Wildman–Crippen LogP) is 4.23. The lowest BCUT2D eigenvalue weighted by Crippen LogP contribution is -2.41. The van der Waals surface area contributed by atoms with Crippen molar-refractivity contribution in [1.82, 2.24) is 0 Å². The van der Waals surface area contributed by atoms with E-state index >= 15 is 0 Å². The molecule has 0 spiro atoms. The Morgan fingerprint density at radius 1 is 0.970 bits per heavy atom. The summed E-state index contributed by atoms with van der Waals surface area (Å²) in [5.74, 6) is 0.274. The number of carbonyl (C=O) groups excluding carboxylic acids is 1. The first-order valence-electron chi connectivity index (χ1n) is 10.6. The number of methoxy groups -OCH3 is 2. The molecule has 0 atom stereocenters. The molecule has 0 N–H and O–H groups in total. The van der Waals surface area contributed by atoms with Gasteiger partial charge in [0.1, 0.15) is 5.75 Å². The summed E-state index contributed by atoms with van der Waals surface area (Å²) in [6.45, 7) is 8.79. The van der Waals surface area contributed by atoms with Crippen LogP contribution in [0.1, 0.15) is 49.2 Å². The molecule has 0 unspecified atom stereocenters. The third kappa shape index (κ3) is 5.97. The van der Waals surface area contributed by atoms with E-state index in [1.807, 2.05) is 52.0 Å². The minimum absolute atomic E-state index is 0.173. The molecule has 178 valence electrons. The van der Waals surface area contributed by atoms with Gasteiger partial charge in [-0.15, -0.1) is 0 Å². The lowest BCUT2D eigenvalue weighted by Gasteiger charge is -2.32. The molecule has 3 rings (SSSR count). The summed E-state index contributed by atoms with van der Waals surface area (Å²) in [7, 11) is 2.30. The van der Waals surface area contributed by atoms with Gasteiger partial charge in [-0.05, 0) is 74.6 Å². The van der Waals surface area contributed by atoms with Gasteiger partial charge in [0.15, 0.2) is 6.79 Å². The predicted molar refractivity (Wildman–Crippen MR) is 129 cm³/mol. The van der Waals surface area contributed by atoms with E-state index in [0.29, 0.717) is 24.5 Å². The Kier molecular flexibility index (Phi) is 8.24. The van der Waals surface area contributed by atoms with Gasteiger partial charge in [-0.1, -0.05) is 22.0 Å². The fourth-order valence-corrected chi connectivity index (χ4v) is 3.67. The third-order valence-corrected chi connectivity index (χ3v) is 6.72. The Morgan fingerprint density at radius 3 is 2.27 bits per heavy atom. The van der Waals surface area contributed by atoms with E-state index in [1.165, 1.54) is 7.11 Å². The molecule has 1 saturated heterocycles. The van der Waals surface area contributed by atoms with Crippen LogP contribution in [-0.4, -0.2) is 45.3 Å². The highest BCUT2D eigenvalue weighted by Gasteiger charge is 2.52. The number of benzene rings is 2. The van der Waals surface area contributed by atoms with Crippen molar-refractivity contribution in [2.75, 3.05) is 21.0 Å². The SMILES string of the molecule is COCOc1ccc(Br)c(COCc2ccc(C(=O)OC)cc2B2OC(C)(C)C(C)(C)O2)c1. The molecule has 1 aliphatic rings. The highest BCUT2D eigenvalue weighted by atomic mass is 79.9. The summed E-state index contributed by atoms with van der Waals surface area (Å²) in [6.07, 6.45) is 0. The second kappa shape index (κ2) is 10.6. The van der Waals surface area contributed by atoms with Gasteiger partial charge in [0.25, 0.3) is 0 Å². The maximum atomic E-state index is 12.1. The highest BCUT2D eigenvalue weighted by molar-refractivity contribution is 9.10. The number of carbonyl (C=O) groups is 1.